The molecule has 0 unspecified atom stereocenters. The number of rotatable bonds is 3. The summed E-state index contributed by atoms with van der Waals surface area (Å²) in [5.41, 5.74) is -1.56. The van der Waals surface area contributed by atoms with Crippen molar-refractivity contribution in [3.05, 3.63) is 53.7 Å². The molecule has 0 spiro atoms. The Bertz CT molecular complexity index is 972. The van der Waals surface area contributed by atoms with Crippen molar-refractivity contribution in [2.45, 2.75) is 13.1 Å². The van der Waals surface area contributed by atoms with Crippen LogP contribution in [0.3, 0.4) is 0 Å². The van der Waals surface area contributed by atoms with Crippen LogP contribution in [0.2, 0.25) is 0 Å². The molecule has 9 heteroatoms. The van der Waals surface area contributed by atoms with Gasteiger partial charge in [-0.15, -0.1) is 0 Å². The van der Waals surface area contributed by atoms with Gasteiger partial charge in [0.15, 0.2) is 11.3 Å². The topological polar surface area (TPSA) is 65.0 Å². The molecule has 134 valence electrons. The van der Waals surface area contributed by atoms with E-state index in [1.807, 2.05) is 0 Å². The highest BCUT2D eigenvalue weighted by molar-refractivity contribution is 5.95. The number of halogens is 4. The summed E-state index contributed by atoms with van der Waals surface area (Å²) in [6.45, 7) is 1.42. The Labute approximate surface area is 144 Å². The molecule has 0 aliphatic heterocycles. The lowest BCUT2D eigenvalue weighted by Gasteiger charge is -2.12. The normalized spacial score (nSPS) is 11.6. The summed E-state index contributed by atoms with van der Waals surface area (Å²) < 4.78 is 57.5. The van der Waals surface area contributed by atoms with Crippen LogP contribution in [-0.4, -0.2) is 27.5 Å². The van der Waals surface area contributed by atoms with Crippen molar-refractivity contribution in [1.82, 2.24) is 15.0 Å². The lowest BCUT2D eigenvalue weighted by Crippen LogP contribution is -2.17. The molecule has 0 aliphatic carbocycles. The highest BCUT2D eigenvalue weighted by atomic mass is 19.4. The first-order chi connectivity index (χ1) is 12.3. The summed E-state index contributed by atoms with van der Waals surface area (Å²) in [6.07, 6.45) is -3.65. The number of pyridine rings is 3. The largest absolute Gasteiger partial charge is 0.462 e. The van der Waals surface area contributed by atoms with Crippen LogP contribution in [0.5, 0.6) is 0 Å². The van der Waals surface area contributed by atoms with Gasteiger partial charge in [-0.05, 0) is 37.3 Å². The zero-order chi connectivity index (χ0) is 18.9. The molecule has 0 amide bonds. The highest BCUT2D eigenvalue weighted by Gasteiger charge is 2.38. The van der Waals surface area contributed by atoms with Crippen LogP contribution in [0, 0.1) is 5.95 Å². The van der Waals surface area contributed by atoms with Gasteiger partial charge < -0.3 is 4.74 Å². The third-order valence-corrected chi connectivity index (χ3v) is 3.46. The van der Waals surface area contributed by atoms with E-state index in [2.05, 4.69) is 19.7 Å². The van der Waals surface area contributed by atoms with Gasteiger partial charge in [0.1, 0.15) is 0 Å². The molecular weight excluding hydrogens is 354 g/mol. The fourth-order valence-corrected chi connectivity index (χ4v) is 2.32. The van der Waals surface area contributed by atoms with Crippen LogP contribution >= 0.6 is 0 Å². The molecule has 0 bridgehead atoms. The molecule has 0 saturated carbocycles. The molecule has 3 aromatic rings. The Morgan fingerprint density at radius 2 is 1.92 bits per heavy atom. The first kappa shape index (κ1) is 17.7. The minimum atomic E-state index is -4.86. The van der Waals surface area contributed by atoms with E-state index in [9.17, 15) is 22.4 Å². The van der Waals surface area contributed by atoms with Gasteiger partial charge in [0, 0.05) is 17.1 Å². The summed E-state index contributed by atoms with van der Waals surface area (Å²) in [7, 11) is 0. The molecule has 0 aromatic carbocycles. The lowest BCUT2D eigenvalue weighted by atomic mass is 10.1. The monoisotopic (exact) mass is 365 g/mol. The van der Waals surface area contributed by atoms with Crippen LogP contribution in [0.4, 0.5) is 17.6 Å². The molecule has 5 nitrogen and oxygen atoms in total. The van der Waals surface area contributed by atoms with Gasteiger partial charge in [-0.1, -0.05) is 0 Å². The second-order valence-corrected chi connectivity index (χ2v) is 5.22. The fraction of sp³-hybridized carbons (Fsp3) is 0.176. The van der Waals surface area contributed by atoms with Crippen LogP contribution in [0.15, 0.2) is 36.5 Å². The maximum absolute atomic E-state index is 13.3. The van der Waals surface area contributed by atoms with E-state index in [1.54, 1.807) is 0 Å². The summed E-state index contributed by atoms with van der Waals surface area (Å²) in [5.74, 6) is -1.80. The molecule has 0 fully saturated rings. The number of ether oxygens (including phenoxy) is 1. The van der Waals surface area contributed by atoms with Gasteiger partial charge in [0.2, 0.25) is 5.95 Å². The number of hydrogen-bond donors (Lipinski definition) is 0. The Balaban J connectivity index is 2.16. The molecule has 0 radical (unpaired) electrons. The van der Waals surface area contributed by atoms with Crippen molar-refractivity contribution in [1.29, 1.82) is 0 Å². The lowest BCUT2D eigenvalue weighted by molar-refractivity contribution is -0.141. The molecule has 0 saturated heterocycles. The SMILES string of the molecule is CCOC(=O)c1cc2ccc(-c3ccc(F)nc3)nc2nc1C(F)(F)F. The summed E-state index contributed by atoms with van der Waals surface area (Å²) in [5, 5.41) is 0.236. The number of esters is 1. The maximum Gasteiger partial charge on any atom is 0.434 e. The molecule has 3 rings (SSSR count). The van der Waals surface area contributed by atoms with Crippen LogP contribution in [-0.2, 0) is 10.9 Å². The van der Waals surface area contributed by atoms with Crippen LogP contribution < -0.4 is 0 Å². The third kappa shape index (κ3) is 3.46. The molecule has 26 heavy (non-hydrogen) atoms. The molecule has 3 heterocycles. The Kier molecular flexibility index (Phi) is 4.54. The van der Waals surface area contributed by atoms with E-state index in [1.165, 1.54) is 31.3 Å². The third-order valence-electron chi connectivity index (χ3n) is 3.46. The van der Waals surface area contributed by atoms with Crippen molar-refractivity contribution in [3.8, 4) is 11.3 Å². The quantitative estimate of drug-likeness (QED) is 0.398. The first-order valence-electron chi connectivity index (χ1n) is 7.47. The van der Waals surface area contributed by atoms with Crippen LogP contribution in [0.25, 0.3) is 22.3 Å². The summed E-state index contributed by atoms with van der Waals surface area (Å²) >= 11 is 0. The molecule has 0 N–H and O–H groups in total. The predicted octanol–water partition coefficient (Wildman–Crippen LogP) is 4.03. The van der Waals surface area contributed by atoms with E-state index in [4.69, 9.17) is 0 Å². The fourth-order valence-electron chi connectivity index (χ4n) is 2.32. The number of aromatic nitrogens is 3. The van der Waals surface area contributed by atoms with Gasteiger partial charge in [-0.25, -0.2) is 19.7 Å². The average Bonchev–Trinajstić information content (AvgIpc) is 2.60. The predicted molar refractivity (Wildman–Crippen MR) is 83.7 cm³/mol. The van der Waals surface area contributed by atoms with Crippen molar-refractivity contribution < 1.29 is 27.1 Å². The zero-order valence-electron chi connectivity index (χ0n) is 13.3. The van der Waals surface area contributed by atoms with E-state index >= 15 is 0 Å². The molecule has 0 atom stereocenters. The van der Waals surface area contributed by atoms with Gasteiger partial charge in [0.25, 0.3) is 0 Å². The smallest absolute Gasteiger partial charge is 0.434 e. The first-order valence-corrected chi connectivity index (χ1v) is 7.47. The van der Waals surface area contributed by atoms with Crippen molar-refractivity contribution in [2.75, 3.05) is 6.61 Å². The average molecular weight is 365 g/mol. The number of nitrogens with zero attached hydrogens (tertiary/aromatic N) is 3. The zero-order valence-corrected chi connectivity index (χ0v) is 13.3. The highest BCUT2D eigenvalue weighted by Crippen LogP contribution is 2.33. The Hall–Kier alpha value is -3.10. The van der Waals surface area contributed by atoms with E-state index in [0.717, 1.165) is 12.1 Å². The summed E-state index contributed by atoms with van der Waals surface area (Å²) in [4.78, 5) is 22.9. The van der Waals surface area contributed by atoms with Crippen LogP contribution in [0.1, 0.15) is 23.0 Å². The second kappa shape index (κ2) is 6.66. The maximum atomic E-state index is 13.3. The number of carbonyl (C=O) groups excluding carboxylic acids is 1. The van der Waals surface area contributed by atoms with E-state index in [-0.39, 0.29) is 23.3 Å². The number of carbonyl (C=O) groups is 1. The molecular formula is C17H11F4N3O2. The summed E-state index contributed by atoms with van der Waals surface area (Å²) in [6, 6.07) is 6.54. The van der Waals surface area contributed by atoms with Gasteiger partial charge in [0.05, 0.1) is 17.9 Å². The molecule has 3 aromatic heterocycles. The molecule has 0 aliphatic rings. The van der Waals surface area contributed by atoms with Crippen molar-refractivity contribution >= 4 is 17.0 Å². The number of fused-ring (bicyclic) bond motifs is 1. The van der Waals surface area contributed by atoms with Crippen molar-refractivity contribution in [2.24, 2.45) is 0 Å². The van der Waals surface area contributed by atoms with Gasteiger partial charge >= 0.3 is 12.1 Å². The minimum absolute atomic E-state index is 0.0665. The minimum Gasteiger partial charge on any atom is -0.462 e. The van der Waals surface area contributed by atoms with Crippen molar-refractivity contribution in [3.63, 3.8) is 0 Å². The van der Waals surface area contributed by atoms with Gasteiger partial charge in [-0.2, -0.15) is 17.6 Å². The van der Waals surface area contributed by atoms with Gasteiger partial charge in [-0.3, -0.25) is 0 Å². The number of alkyl halides is 3. The van der Waals surface area contributed by atoms with E-state index < -0.39 is 29.4 Å². The van der Waals surface area contributed by atoms with E-state index in [0.29, 0.717) is 5.56 Å². The Morgan fingerprint density at radius 3 is 2.54 bits per heavy atom. The second-order valence-electron chi connectivity index (χ2n) is 5.22. The Morgan fingerprint density at radius 1 is 1.15 bits per heavy atom. The number of hydrogen-bond acceptors (Lipinski definition) is 5. The standard InChI is InChI=1S/C17H11F4N3O2/c1-2-26-16(25)11-7-9-3-5-12(10-4-6-13(18)22-8-10)23-15(9)24-14(11)17(19,20)21/h3-8H,2H2,1H3.